The number of hydrogen-bond donors (Lipinski definition) is 1. The van der Waals surface area contributed by atoms with Crippen molar-refractivity contribution in [3.8, 4) is 0 Å². The molecule has 0 aromatic carbocycles. The van der Waals surface area contributed by atoms with E-state index in [1.54, 1.807) is 0 Å². The summed E-state index contributed by atoms with van der Waals surface area (Å²) < 4.78 is 0. The monoisotopic (exact) mass is 142 g/mol. The summed E-state index contributed by atoms with van der Waals surface area (Å²) in [5, 5.41) is 0. The number of likely N-dealkylation sites (tertiary alicyclic amines) is 1. The molecule has 0 aromatic heterocycles. The molecule has 1 heterocycles. The largest absolute Gasteiger partial charge is 0.343 e. The van der Waals surface area contributed by atoms with E-state index in [0.29, 0.717) is 18.9 Å². The summed E-state index contributed by atoms with van der Waals surface area (Å²) in [6.07, 6.45) is 0.657. The third-order valence-electron chi connectivity index (χ3n) is 2.01. The van der Waals surface area contributed by atoms with E-state index in [1.807, 2.05) is 11.8 Å². The summed E-state index contributed by atoms with van der Waals surface area (Å²) in [4.78, 5) is 12.9. The van der Waals surface area contributed by atoms with Gasteiger partial charge in [0.1, 0.15) is 0 Å². The molecule has 1 aliphatic rings. The highest BCUT2D eigenvalue weighted by Crippen LogP contribution is 2.15. The lowest BCUT2D eigenvalue weighted by atomic mass is 10.1. The van der Waals surface area contributed by atoms with Gasteiger partial charge < -0.3 is 10.6 Å². The van der Waals surface area contributed by atoms with E-state index >= 15 is 0 Å². The first-order valence-electron chi connectivity index (χ1n) is 3.75. The molecule has 10 heavy (non-hydrogen) atoms. The fourth-order valence-corrected chi connectivity index (χ4v) is 1.32. The van der Waals surface area contributed by atoms with Gasteiger partial charge in [0, 0.05) is 19.5 Å². The van der Waals surface area contributed by atoms with E-state index in [0.717, 1.165) is 13.1 Å². The Kier molecular flexibility index (Phi) is 2.27. The zero-order valence-electron chi connectivity index (χ0n) is 6.34. The molecule has 1 atom stereocenters. The van der Waals surface area contributed by atoms with Crippen LogP contribution in [0.2, 0.25) is 0 Å². The van der Waals surface area contributed by atoms with Crippen LogP contribution < -0.4 is 5.73 Å². The number of rotatable bonds is 2. The molecule has 58 valence electrons. The van der Waals surface area contributed by atoms with Crippen molar-refractivity contribution < 1.29 is 4.79 Å². The van der Waals surface area contributed by atoms with Crippen LogP contribution in [0.5, 0.6) is 0 Å². The molecule has 0 unspecified atom stereocenters. The summed E-state index contributed by atoms with van der Waals surface area (Å²) in [6.45, 7) is 4.33. The van der Waals surface area contributed by atoms with E-state index in [2.05, 4.69) is 0 Å². The van der Waals surface area contributed by atoms with Gasteiger partial charge in [0.15, 0.2) is 0 Å². The topological polar surface area (TPSA) is 46.3 Å². The van der Waals surface area contributed by atoms with E-state index in [-0.39, 0.29) is 5.91 Å². The van der Waals surface area contributed by atoms with Gasteiger partial charge in [-0.25, -0.2) is 0 Å². The fourth-order valence-electron chi connectivity index (χ4n) is 1.32. The molecule has 0 aromatic rings. The Morgan fingerprint density at radius 2 is 2.50 bits per heavy atom. The minimum Gasteiger partial charge on any atom is -0.343 e. The molecular weight excluding hydrogens is 128 g/mol. The van der Waals surface area contributed by atoms with Crippen LogP contribution >= 0.6 is 0 Å². The summed E-state index contributed by atoms with van der Waals surface area (Å²) in [5.41, 5.74) is 5.43. The van der Waals surface area contributed by atoms with Gasteiger partial charge in [-0.1, -0.05) is 0 Å². The number of nitrogens with zero attached hydrogens (tertiary/aromatic N) is 1. The number of amides is 1. The highest BCUT2D eigenvalue weighted by atomic mass is 16.2. The van der Waals surface area contributed by atoms with Crippen molar-refractivity contribution in [2.45, 2.75) is 13.3 Å². The molecule has 0 saturated carbocycles. The number of hydrogen-bond acceptors (Lipinski definition) is 2. The quantitative estimate of drug-likeness (QED) is 0.581. The van der Waals surface area contributed by atoms with Crippen molar-refractivity contribution in [3.63, 3.8) is 0 Å². The normalized spacial score (nSPS) is 26.0. The van der Waals surface area contributed by atoms with Gasteiger partial charge in [-0.05, 0) is 19.4 Å². The van der Waals surface area contributed by atoms with E-state index in [4.69, 9.17) is 5.73 Å². The Labute approximate surface area is 61.2 Å². The van der Waals surface area contributed by atoms with E-state index in [1.165, 1.54) is 0 Å². The van der Waals surface area contributed by atoms with E-state index in [9.17, 15) is 4.79 Å². The van der Waals surface area contributed by atoms with Crippen molar-refractivity contribution in [3.05, 3.63) is 0 Å². The first-order valence-corrected chi connectivity index (χ1v) is 3.75. The van der Waals surface area contributed by atoms with Crippen molar-refractivity contribution in [2.24, 2.45) is 11.7 Å². The molecule has 2 N–H and O–H groups in total. The number of nitrogens with two attached hydrogens (primary N) is 1. The van der Waals surface area contributed by atoms with Gasteiger partial charge in [-0.3, -0.25) is 4.79 Å². The minimum absolute atomic E-state index is 0.262. The summed E-state index contributed by atoms with van der Waals surface area (Å²) in [5.74, 6) is 0.672. The molecule has 1 fully saturated rings. The van der Waals surface area contributed by atoms with Crippen LogP contribution in [0.3, 0.4) is 0 Å². The second-order valence-electron chi connectivity index (χ2n) is 2.74. The van der Waals surface area contributed by atoms with Crippen LogP contribution in [-0.2, 0) is 4.79 Å². The van der Waals surface area contributed by atoms with Crippen molar-refractivity contribution in [1.82, 2.24) is 4.90 Å². The minimum atomic E-state index is 0.262. The van der Waals surface area contributed by atoms with Crippen LogP contribution in [0, 0.1) is 5.92 Å². The van der Waals surface area contributed by atoms with Gasteiger partial charge in [-0.15, -0.1) is 0 Å². The van der Waals surface area contributed by atoms with Crippen LogP contribution in [0.25, 0.3) is 0 Å². The van der Waals surface area contributed by atoms with Crippen LogP contribution in [-0.4, -0.2) is 30.4 Å². The van der Waals surface area contributed by atoms with Crippen LogP contribution in [0.4, 0.5) is 0 Å². The SMILES string of the molecule is CCN1C[C@H](CN)CC1=O. The maximum absolute atomic E-state index is 11.0. The lowest BCUT2D eigenvalue weighted by Crippen LogP contribution is -2.25. The van der Waals surface area contributed by atoms with Gasteiger partial charge >= 0.3 is 0 Å². The predicted octanol–water partition coefficient (Wildman–Crippen LogP) is -0.187. The molecular formula is C7H14N2O. The lowest BCUT2D eigenvalue weighted by molar-refractivity contribution is -0.127. The Morgan fingerprint density at radius 3 is 2.80 bits per heavy atom. The second kappa shape index (κ2) is 3.01. The average Bonchev–Trinajstić information content (AvgIpc) is 2.30. The Morgan fingerprint density at radius 1 is 1.80 bits per heavy atom. The highest BCUT2D eigenvalue weighted by Gasteiger charge is 2.26. The van der Waals surface area contributed by atoms with Crippen molar-refractivity contribution in [1.29, 1.82) is 0 Å². The summed E-state index contributed by atoms with van der Waals surface area (Å²) in [7, 11) is 0. The zero-order chi connectivity index (χ0) is 7.56. The van der Waals surface area contributed by atoms with Gasteiger partial charge in [-0.2, -0.15) is 0 Å². The first-order chi connectivity index (χ1) is 4.77. The Hall–Kier alpha value is -0.570. The molecule has 0 spiro atoms. The molecule has 3 nitrogen and oxygen atoms in total. The smallest absolute Gasteiger partial charge is 0.222 e. The van der Waals surface area contributed by atoms with Gasteiger partial charge in [0.05, 0.1) is 0 Å². The van der Waals surface area contributed by atoms with Crippen molar-refractivity contribution in [2.75, 3.05) is 19.6 Å². The molecule has 3 heteroatoms. The molecule has 0 aliphatic carbocycles. The average molecular weight is 142 g/mol. The third kappa shape index (κ3) is 1.29. The molecule has 1 saturated heterocycles. The van der Waals surface area contributed by atoms with Gasteiger partial charge in [0.2, 0.25) is 5.91 Å². The fraction of sp³-hybridized carbons (Fsp3) is 0.857. The zero-order valence-corrected chi connectivity index (χ0v) is 6.34. The maximum atomic E-state index is 11.0. The Bertz CT molecular complexity index is 136. The number of carbonyl (C=O) groups is 1. The lowest BCUT2D eigenvalue weighted by Gasteiger charge is -2.12. The highest BCUT2D eigenvalue weighted by molar-refractivity contribution is 5.78. The van der Waals surface area contributed by atoms with E-state index < -0.39 is 0 Å². The summed E-state index contributed by atoms with van der Waals surface area (Å²) in [6, 6.07) is 0. The van der Waals surface area contributed by atoms with Gasteiger partial charge in [0.25, 0.3) is 0 Å². The number of carbonyl (C=O) groups excluding carboxylic acids is 1. The first kappa shape index (κ1) is 7.54. The molecule has 1 rings (SSSR count). The maximum Gasteiger partial charge on any atom is 0.222 e. The molecule has 1 aliphatic heterocycles. The Balaban J connectivity index is 2.44. The molecule has 0 radical (unpaired) electrons. The summed E-state index contributed by atoms with van der Waals surface area (Å²) >= 11 is 0. The predicted molar refractivity (Wildman–Crippen MR) is 39.4 cm³/mol. The third-order valence-corrected chi connectivity index (χ3v) is 2.01. The van der Waals surface area contributed by atoms with Crippen LogP contribution in [0.15, 0.2) is 0 Å². The van der Waals surface area contributed by atoms with Crippen molar-refractivity contribution >= 4 is 5.91 Å². The second-order valence-corrected chi connectivity index (χ2v) is 2.74. The van der Waals surface area contributed by atoms with Crippen LogP contribution in [0.1, 0.15) is 13.3 Å². The standard InChI is InChI=1S/C7H14N2O/c1-2-9-5-6(4-8)3-7(9)10/h6H,2-5,8H2,1H3/t6-/m0/s1. The molecule has 0 bridgehead atoms. The molecule has 1 amide bonds.